The highest BCUT2D eigenvalue weighted by Crippen LogP contribution is 2.42. The summed E-state index contributed by atoms with van der Waals surface area (Å²) in [5.74, 6) is 1.23. The molecular formula is C43H56N2. The summed E-state index contributed by atoms with van der Waals surface area (Å²) in [6.07, 6.45) is 8.97. The van der Waals surface area contributed by atoms with Crippen LogP contribution in [0, 0.1) is 12.8 Å². The van der Waals surface area contributed by atoms with E-state index in [-0.39, 0.29) is 0 Å². The van der Waals surface area contributed by atoms with Crippen LogP contribution in [-0.4, -0.2) is 31.3 Å². The third-order valence-corrected chi connectivity index (χ3v) is 9.11. The summed E-state index contributed by atoms with van der Waals surface area (Å²) in [6, 6.07) is 26.2. The molecule has 3 aromatic carbocycles. The van der Waals surface area contributed by atoms with Gasteiger partial charge in [-0.25, -0.2) is 0 Å². The highest BCUT2D eigenvalue weighted by Gasteiger charge is 2.30. The van der Waals surface area contributed by atoms with Crippen LogP contribution >= 0.6 is 0 Å². The van der Waals surface area contributed by atoms with Crippen molar-refractivity contribution in [1.29, 1.82) is 0 Å². The van der Waals surface area contributed by atoms with Gasteiger partial charge in [0.05, 0.1) is 0 Å². The van der Waals surface area contributed by atoms with Crippen molar-refractivity contribution in [3.63, 3.8) is 0 Å². The number of allylic oxidation sites excluding steroid dienone is 6. The Morgan fingerprint density at radius 3 is 1.82 bits per heavy atom. The molecule has 2 aliphatic rings. The number of fused-ring (bicyclic) bond motifs is 2. The zero-order valence-corrected chi connectivity index (χ0v) is 29.3. The van der Waals surface area contributed by atoms with Crippen LogP contribution in [0.4, 0.5) is 0 Å². The summed E-state index contributed by atoms with van der Waals surface area (Å²) in [4.78, 5) is 6.43. The van der Waals surface area contributed by atoms with Crippen molar-refractivity contribution < 1.29 is 0 Å². The summed E-state index contributed by atoms with van der Waals surface area (Å²) in [5, 5.41) is 0. The van der Waals surface area contributed by atoms with Gasteiger partial charge in [0.2, 0.25) is 0 Å². The van der Waals surface area contributed by atoms with Gasteiger partial charge in [-0.05, 0) is 111 Å². The number of hydrogen-bond donors (Lipinski definition) is 0. The lowest BCUT2D eigenvalue weighted by Crippen LogP contribution is -2.35. The second kappa shape index (κ2) is 17.5. The molecule has 1 heterocycles. The van der Waals surface area contributed by atoms with Crippen molar-refractivity contribution in [2.45, 2.75) is 80.1 Å². The second-order valence-electron chi connectivity index (χ2n) is 13.0. The van der Waals surface area contributed by atoms with Gasteiger partial charge in [0.1, 0.15) is 0 Å². The van der Waals surface area contributed by atoms with Gasteiger partial charge in [0, 0.05) is 38.0 Å². The summed E-state index contributed by atoms with van der Waals surface area (Å²) >= 11 is 0. The Balaban J connectivity index is 0.000000221. The molecule has 0 spiro atoms. The minimum absolute atomic E-state index is 0.323. The fourth-order valence-electron chi connectivity index (χ4n) is 6.18. The topological polar surface area (TPSA) is 15.6 Å². The van der Waals surface area contributed by atoms with Gasteiger partial charge >= 0.3 is 0 Å². The maximum atomic E-state index is 4.58. The van der Waals surface area contributed by atoms with E-state index in [9.17, 15) is 0 Å². The highest BCUT2D eigenvalue weighted by molar-refractivity contribution is 5.78. The predicted molar refractivity (Wildman–Crippen MR) is 199 cm³/mol. The molecule has 1 fully saturated rings. The fourth-order valence-corrected chi connectivity index (χ4v) is 6.18. The number of aryl methyl sites for hydroxylation is 1. The zero-order chi connectivity index (χ0) is 32.9. The van der Waals surface area contributed by atoms with E-state index in [4.69, 9.17) is 0 Å². The van der Waals surface area contributed by atoms with Crippen LogP contribution in [-0.2, 0) is 6.42 Å². The summed E-state index contributed by atoms with van der Waals surface area (Å²) in [5.41, 5.74) is 14.6. The largest absolute Gasteiger partial charge is 0.375 e. The molecule has 2 heteroatoms. The van der Waals surface area contributed by atoms with E-state index in [0.29, 0.717) is 5.92 Å². The van der Waals surface area contributed by atoms with Crippen LogP contribution in [0.1, 0.15) is 100 Å². The average Bonchev–Trinajstić information content (AvgIpc) is 3.04. The third kappa shape index (κ3) is 10.0. The normalized spacial score (nSPS) is 14.2. The highest BCUT2D eigenvalue weighted by atomic mass is 15.1. The molecular weight excluding hydrogens is 544 g/mol. The SMILES string of the molecule is C=C(C1c2ccccc2Cc2ccccc21)N1CCC(CC)CC1.C=C(C=C(C)C)c1ccccc1C.CN=CC(C)=C(C)C. The van der Waals surface area contributed by atoms with Crippen molar-refractivity contribution in [2.24, 2.45) is 10.9 Å². The van der Waals surface area contributed by atoms with Gasteiger partial charge in [-0.15, -0.1) is 0 Å². The molecule has 2 nitrogen and oxygen atoms in total. The molecule has 0 amide bonds. The molecule has 0 aromatic heterocycles. The molecule has 238 valence electrons. The Hall–Kier alpha value is -3.91. The van der Waals surface area contributed by atoms with Crippen molar-refractivity contribution in [3.8, 4) is 0 Å². The van der Waals surface area contributed by atoms with Gasteiger partial charge in [-0.1, -0.05) is 117 Å². The van der Waals surface area contributed by atoms with E-state index in [1.165, 1.54) is 75.1 Å². The van der Waals surface area contributed by atoms with Gasteiger partial charge in [0.15, 0.2) is 0 Å². The van der Waals surface area contributed by atoms with Crippen LogP contribution in [0.3, 0.4) is 0 Å². The molecule has 0 N–H and O–H groups in total. The quantitative estimate of drug-likeness (QED) is 0.203. The maximum absolute atomic E-state index is 4.58. The van der Waals surface area contributed by atoms with Crippen molar-refractivity contribution in [2.75, 3.05) is 20.1 Å². The van der Waals surface area contributed by atoms with E-state index in [2.05, 4.69) is 144 Å². The Morgan fingerprint density at radius 2 is 1.36 bits per heavy atom. The molecule has 0 bridgehead atoms. The molecule has 0 saturated carbocycles. The molecule has 1 saturated heterocycles. The number of aliphatic imine (C=N–C) groups is 1. The van der Waals surface area contributed by atoms with Crippen LogP contribution in [0.15, 0.2) is 119 Å². The lowest BCUT2D eigenvalue weighted by Gasteiger charge is -2.40. The summed E-state index contributed by atoms with van der Waals surface area (Å²) in [7, 11) is 1.78. The number of benzene rings is 3. The molecule has 5 rings (SSSR count). The zero-order valence-electron chi connectivity index (χ0n) is 29.3. The van der Waals surface area contributed by atoms with E-state index in [0.717, 1.165) is 31.0 Å². The van der Waals surface area contributed by atoms with Crippen LogP contribution in [0.25, 0.3) is 5.57 Å². The van der Waals surface area contributed by atoms with Crippen molar-refractivity contribution in [1.82, 2.24) is 4.90 Å². The first-order valence-electron chi connectivity index (χ1n) is 16.6. The first-order chi connectivity index (χ1) is 21.6. The number of hydrogen-bond acceptors (Lipinski definition) is 2. The number of nitrogens with zero attached hydrogens (tertiary/aromatic N) is 2. The standard InChI is InChI=1S/C23H27N.C13H16.C7H13N/c1-3-18-12-14-24(15-13-18)17(2)23-21-10-6-4-8-19(21)16-20-9-5-7-11-22(20)23;1-10(2)9-12(4)13-8-6-5-7-11(13)3;1-6(2)7(3)5-8-4/h4-11,18,23H,2-3,12-16H2,1H3;5-9H,4H2,1-3H3;5H,1-4H3. The smallest absolute Gasteiger partial charge is 0.0489 e. The first-order valence-corrected chi connectivity index (χ1v) is 16.6. The Morgan fingerprint density at radius 1 is 0.822 bits per heavy atom. The molecule has 45 heavy (non-hydrogen) atoms. The molecule has 3 aromatic rings. The Labute approximate surface area is 275 Å². The van der Waals surface area contributed by atoms with Gasteiger partial charge in [-0.2, -0.15) is 0 Å². The van der Waals surface area contributed by atoms with Gasteiger partial charge < -0.3 is 4.90 Å². The monoisotopic (exact) mass is 600 g/mol. The van der Waals surface area contributed by atoms with Crippen molar-refractivity contribution in [3.05, 3.63) is 148 Å². The molecule has 0 radical (unpaired) electrons. The van der Waals surface area contributed by atoms with Gasteiger partial charge in [0.25, 0.3) is 0 Å². The molecule has 0 unspecified atom stereocenters. The van der Waals surface area contributed by atoms with Crippen molar-refractivity contribution >= 4 is 11.8 Å². The second-order valence-corrected chi connectivity index (χ2v) is 13.0. The van der Waals surface area contributed by atoms with Crippen LogP contribution in [0.2, 0.25) is 0 Å². The fraction of sp³-hybridized carbons (Fsp3) is 0.372. The van der Waals surface area contributed by atoms with E-state index >= 15 is 0 Å². The van der Waals surface area contributed by atoms with Crippen LogP contribution < -0.4 is 0 Å². The van der Waals surface area contributed by atoms with Crippen LogP contribution in [0.5, 0.6) is 0 Å². The lowest BCUT2D eigenvalue weighted by molar-refractivity contribution is 0.216. The third-order valence-electron chi connectivity index (χ3n) is 9.11. The minimum atomic E-state index is 0.323. The first kappa shape index (κ1) is 35.6. The van der Waals surface area contributed by atoms with E-state index < -0.39 is 0 Å². The Bertz CT molecular complexity index is 1470. The summed E-state index contributed by atoms with van der Waals surface area (Å²) < 4.78 is 0. The average molecular weight is 601 g/mol. The number of rotatable bonds is 6. The number of likely N-dealkylation sites (tertiary alicyclic amines) is 1. The minimum Gasteiger partial charge on any atom is -0.375 e. The lowest BCUT2D eigenvalue weighted by atomic mass is 9.76. The molecule has 1 aliphatic carbocycles. The maximum Gasteiger partial charge on any atom is 0.0489 e. The van der Waals surface area contributed by atoms with Gasteiger partial charge in [-0.3, -0.25) is 4.99 Å². The van der Waals surface area contributed by atoms with E-state index in [1.54, 1.807) is 7.05 Å². The number of piperidine rings is 1. The molecule has 1 aliphatic heterocycles. The predicted octanol–water partition coefficient (Wildman–Crippen LogP) is 11.4. The summed E-state index contributed by atoms with van der Waals surface area (Å²) in [6.45, 7) is 25.8. The Kier molecular flexibility index (Phi) is 13.9. The van der Waals surface area contributed by atoms with E-state index in [1.807, 2.05) is 12.3 Å². The molecule has 0 atom stereocenters.